The molecular weight excluding hydrogens is 1950 g/mol. The van der Waals surface area contributed by atoms with Gasteiger partial charge in [0, 0.05) is 91.8 Å². The Hall–Kier alpha value is -10.8. The van der Waals surface area contributed by atoms with Crippen molar-refractivity contribution in [3.8, 4) is 0 Å². The zero-order chi connectivity index (χ0) is 101. The van der Waals surface area contributed by atoms with Gasteiger partial charge in [0.25, 0.3) is 11.1 Å². The number of phosphoric ester groups is 1. The summed E-state index contributed by atoms with van der Waals surface area (Å²) in [5, 5.41) is 54.0. The van der Waals surface area contributed by atoms with E-state index in [0.29, 0.717) is 64.7 Å². The van der Waals surface area contributed by atoms with E-state index >= 15 is 0 Å². The molecule has 18 rings (SSSR count). The largest absolute Gasteiger partial charge is 0.490 e. The maximum atomic E-state index is 14.8. The van der Waals surface area contributed by atoms with Crippen LogP contribution in [0.2, 0.25) is 0 Å². The highest BCUT2D eigenvalue weighted by molar-refractivity contribution is 7.72. The van der Waals surface area contributed by atoms with Crippen molar-refractivity contribution in [2.24, 2.45) is 17.8 Å². The topological polar surface area (TPSA) is 445 Å². The minimum atomic E-state index is -5.73. The number of nitrogens with zero attached hydrogens (tertiary/aromatic N) is 5. The van der Waals surface area contributed by atoms with Crippen molar-refractivity contribution in [3.05, 3.63) is 324 Å². The van der Waals surface area contributed by atoms with Gasteiger partial charge in [-0.1, -0.05) is 242 Å². The molecule has 10 heterocycles. The highest BCUT2D eigenvalue weighted by Gasteiger charge is 2.51. The summed E-state index contributed by atoms with van der Waals surface area (Å²) in [6.07, 6.45) is -6.93. The number of aliphatic hydroxyl groups excluding tert-OH is 5. The lowest BCUT2D eigenvalue weighted by Gasteiger charge is -2.24. The van der Waals surface area contributed by atoms with Gasteiger partial charge in [0.15, 0.2) is 49.5 Å². The fraction of sp³-hybridized carbons (Fsp3) is 0.320. The molecule has 8 aromatic carbocycles. The lowest BCUT2D eigenvalue weighted by Crippen LogP contribution is -2.35. The third kappa shape index (κ3) is 23.3. The van der Waals surface area contributed by atoms with Crippen LogP contribution < -0.4 is 11.1 Å². The van der Waals surface area contributed by atoms with E-state index in [-0.39, 0.29) is 68.0 Å². The van der Waals surface area contributed by atoms with E-state index in [4.69, 9.17) is 94.3 Å². The molecule has 5 aromatic heterocycles. The van der Waals surface area contributed by atoms with Crippen LogP contribution in [0.3, 0.4) is 0 Å². The van der Waals surface area contributed by atoms with E-state index in [1.807, 2.05) is 90.1 Å². The minimum absolute atomic E-state index is 0.0268. The molecule has 0 saturated carbocycles. The fourth-order valence-corrected chi connectivity index (χ4v) is 21.4. The number of phosphoric acid groups is 3. The smallest absolute Gasteiger partial charge is 0.454 e. The summed E-state index contributed by atoms with van der Waals surface area (Å²) >= 11 is 16.3. The van der Waals surface area contributed by atoms with Crippen molar-refractivity contribution < 1.29 is 142 Å². The molecule has 5 fully saturated rings. The number of hydrogen-bond acceptors (Lipinski definition) is 27. The number of benzene rings is 8. The predicted molar refractivity (Wildman–Crippen MR) is 510 cm³/mol. The van der Waals surface area contributed by atoms with Crippen LogP contribution in [0.25, 0.3) is 53.9 Å². The first-order valence-electron chi connectivity index (χ1n) is 44.2. The molecule has 43 heteroatoms. The monoisotopic (exact) mass is 2050 g/mol. The van der Waals surface area contributed by atoms with E-state index in [1.54, 1.807) is 173 Å². The highest BCUT2D eigenvalue weighted by atomic mass is 32.1. The molecule has 740 valence electrons. The van der Waals surface area contributed by atoms with Crippen molar-refractivity contribution in [3.63, 3.8) is 0 Å². The molecule has 7 unspecified atom stereocenters. The van der Waals surface area contributed by atoms with Gasteiger partial charge < -0.3 is 96.7 Å². The van der Waals surface area contributed by atoms with Gasteiger partial charge in [0.05, 0.1) is 53.6 Å². The number of carbonyl (C=O) groups excluding carboxylic acids is 3. The standard InChI is InChI=1S/C23H22FNO4.C23H22FNO3S.C23H23NO4.C14H17FNO13P3S.C14H14FNO4S/c1-3-19-14(2)20(29-23(27)15-9-5-4-6-10-15)22(28-19)25-13-18(24)16-11-7-8-12-17(16)21(25)26;1-3-19-14(2)20(28-23(26)15-9-5-4-6-10-15)21(27-19)25-13-18(24)16-11-7-8-12-17(16)22(25)29;1-3-19-15(2)20(28-23(26)17-10-5-4-6-11-17)22(27-19)24-14-13-16-9-7-8-12-18(16)21(24)25;15-9-5-16(14(33)8-4-2-1-3-7(8)9)13-12(18)11(17)10(27-13)6-26-31(22,23)29-32(24,25)28-30(19,20)21;15-9-5-16(13-12(19)11(18)10(6-17)20-13)14(21)8-4-2-1-3-7(8)9/h4-14,19-20,22H,3H2,1-2H3;4-14,19-21H,3H2,1-2H3;4-15,19-20,22H,3H2,1-2H3;1-5,10-13,17-18H,6H2,(H,22,23)(H,24,25)(H2,19,20,21);1-5,10-13,17-19H,6H2/t14?,19-,20+,22-;14?,19-,20+,21-;15?,19-,20+,22-;2*10-,11?,12+,13-/m11111/s1. The quantitative estimate of drug-likeness (QED) is 0.0100. The second-order valence-electron chi connectivity index (χ2n) is 33.4. The van der Waals surface area contributed by atoms with Crippen LogP contribution in [0, 0.1) is 54.9 Å². The number of halogens is 4. The van der Waals surface area contributed by atoms with E-state index in [0.717, 1.165) is 41.4 Å². The first-order chi connectivity index (χ1) is 66.8. The summed E-state index contributed by atoms with van der Waals surface area (Å²) in [5.74, 6) is -3.70. The number of ether oxygens (including phenoxy) is 8. The number of pyridine rings is 5. The average molecular weight is 2050 g/mol. The maximum absolute atomic E-state index is 14.8. The summed E-state index contributed by atoms with van der Waals surface area (Å²) in [5.41, 5.74) is 0.839. The maximum Gasteiger partial charge on any atom is 0.490 e. The Kier molecular flexibility index (Phi) is 33.9. The summed E-state index contributed by atoms with van der Waals surface area (Å²) in [4.78, 5) is 99.8. The lowest BCUT2D eigenvalue weighted by atomic mass is 9.98. The summed E-state index contributed by atoms with van der Waals surface area (Å²) in [6.45, 7) is 10.5. The van der Waals surface area contributed by atoms with Gasteiger partial charge >= 0.3 is 41.4 Å². The third-order valence-corrected chi connectivity index (χ3v) is 29.6. The Bertz CT molecular complexity index is 7000. The molecule has 5 saturated heterocycles. The van der Waals surface area contributed by atoms with Gasteiger partial charge in [-0.05, 0) is 79.2 Å². The Morgan fingerprint density at radius 1 is 0.357 bits per heavy atom. The lowest BCUT2D eigenvalue weighted by molar-refractivity contribution is -0.0537. The molecule has 0 spiro atoms. The number of carbonyl (C=O) groups is 3. The average Bonchev–Trinajstić information content (AvgIpc) is 1.64. The van der Waals surface area contributed by atoms with E-state index in [9.17, 15) is 80.5 Å². The Morgan fingerprint density at radius 2 is 0.650 bits per heavy atom. The second kappa shape index (κ2) is 45.2. The van der Waals surface area contributed by atoms with Crippen LogP contribution >= 0.6 is 60.1 Å². The summed E-state index contributed by atoms with van der Waals surface area (Å²) in [7, 11) is -16.8. The van der Waals surface area contributed by atoms with Gasteiger partial charge in [-0.25, -0.2) is 45.6 Å². The summed E-state index contributed by atoms with van der Waals surface area (Å²) in [6, 6.07) is 62.2. The molecule has 0 radical (unpaired) electrons. The first kappa shape index (κ1) is 105. The van der Waals surface area contributed by atoms with E-state index in [1.165, 1.54) is 27.5 Å². The molecule has 5 aliphatic rings. The molecule has 5 aliphatic heterocycles. The van der Waals surface area contributed by atoms with Crippen LogP contribution in [0.5, 0.6) is 0 Å². The SMILES string of the molecule is CC[C@H]1O[C@@H](n2cc(F)c3ccccc3c2=O)[C@@H](OC(=O)c2ccccc2)C1C.CC[C@H]1O[C@@H](n2cc(F)c3ccccc3c2=S)[C@@H](OC(=O)c2ccccc2)C1C.CC[C@H]1O[C@@H](n2ccc3ccccc3c2=O)[C@@H](OC(=O)c2ccccc2)C1C.O=P(O)(O)OP(=O)(O)OP(=O)(O)OC[C@H]1O[C@@H](n2cc(F)c3ccccc3c2=S)[C@@H](O)C1O.OC[C@H]1O[C@@H](n2cc(F)c3ccccc3c2=S)[C@@H](O)C1O. The van der Waals surface area contributed by atoms with Crippen molar-refractivity contribution in [2.45, 2.75) is 165 Å². The van der Waals surface area contributed by atoms with Crippen LogP contribution in [0.4, 0.5) is 17.6 Å². The van der Waals surface area contributed by atoms with Crippen molar-refractivity contribution >= 4 is 132 Å². The van der Waals surface area contributed by atoms with Crippen molar-refractivity contribution in [1.29, 1.82) is 0 Å². The number of hydrogen-bond donors (Lipinski definition) is 9. The summed E-state index contributed by atoms with van der Waals surface area (Å²) < 4.78 is 158. The molecule has 9 N–H and O–H groups in total. The predicted octanol–water partition coefficient (Wildman–Crippen LogP) is 16.8. The number of fused-ring (bicyclic) bond motifs is 5. The van der Waals surface area contributed by atoms with Gasteiger partial charge in [-0.15, -0.1) is 0 Å². The number of aliphatic hydroxyl groups is 5. The molecule has 13 aromatic rings. The molecule has 33 nitrogen and oxygen atoms in total. The molecular formula is C97H98F4N5O28P3S3. The van der Waals surface area contributed by atoms with Crippen LogP contribution in [-0.2, 0) is 64.7 Å². The zero-order valence-electron chi connectivity index (χ0n) is 75.3. The van der Waals surface area contributed by atoms with Gasteiger partial charge in [-0.2, -0.15) is 8.62 Å². The van der Waals surface area contributed by atoms with Crippen molar-refractivity contribution in [2.75, 3.05) is 13.2 Å². The first-order valence-corrected chi connectivity index (χ1v) is 49.9. The highest BCUT2D eigenvalue weighted by Crippen LogP contribution is 2.66. The van der Waals surface area contributed by atoms with Crippen molar-refractivity contribution in [1.82, 2.24) is 22.8 Å². The van der Waals surface area contributed by atoms with Gasteiger partial charge in [-0.3, -0.25) is 23.2 Å². The van der Waals surface area contributed by atoms with Crippen LogP contribution in [-0.4, -0.2) is 172 Å². The number of rotatable bonds is 22. The van der Waals surface area contributed by atoms with Gasteiger partial charge in [0.2, 0.25) is 0 Å². The normalized spacial score (nSPS) is 25.6. The number of esters is 3. The van der Waals surface area contributed by atoms with E-state index < -0.39 is 164 Å². The Labute approximate surface area is 811 Å². The molecule has 0 amide bonds. The Balaban J connectivity index is 0.000000140. The molecule has 0 bridgehead atoms. The molecule has 0 aliphatic carbocycles. The zero-order valence-corrected chi connectivity index (χ0v) is 80.5. The fourth-order valence-electron chi connectivity index (χ4n) is 17.3. The van der Waals surface area contributed by atoms with Crippen LogP contribution in [0.15, 0.2) is 259 Å². The van der Waals surface area contributed by atoms with Gasteiger partial charge in [0.1, 0.15) is 73.8 Å². The minimum Gasteiger partial charge on any atom is -0.454 e. The number of aromatic nitrogens is 5. The van der Waals surface area contributed by atoms with E-state index in [2.05, 4.69) is 13.1 Å². The Morgan fingerprint density at radius 3 is 1.01 bits per heavy atom. The molecule has 140 heavy (non-hydrogen) atoms. The van der Waals surface area contributed by atoms with Crippen LogP contribution in [0.1, 0.15) is 123 Å². The second-order valence-corrected chi connectivity index (χ2v) is 39.0. The third-order valence-electron chi connectivity index (χ3n) is 24.6. The molecule has 22 atom stereocenters.